The molecule has 0 spiro atoms. The Balaban J connectivity index is 1.92. The summed E-state index contributed by atoms with van der Waals surface area (Å²) >= 11 is 3.13. The molecule has 1 heterocycles. The molecule has 1 aromatic heterocycles. The van der Waals surface area contributed by atoms with E-state index in [1.807, 2.05) is 0 Å². The number of nitrogens with zero attached hydrogens (tertiary/aromatic N) is 1. The maximum absolute atomic E-state index is 11.8. The molecule has 0 saturated heterocycles. The lowest BCUT2D eigenvalue weighted by Crippen LogP contribution is -2.43. The molecule has 4 atom stereocenters. The molecule has 1 N–H and O–H groups in total. The molecule has 0 aromatic carbocycles. The first-order chi connectivity index (χ1) is 16.8. The van der Waals surface area contributed by atoms with Crippen LogP contribution in [0.15, 0.2) is 34.0 Å². The summed E-state index contributed by atoms with van der Waals surface area (Å²) in [5.74, 6) is 1.16. The molecule has 1 aliphatic rings. The van der Waals surface area contributed by atoms with Crippen LogP contribution in [0.5, 0.6) is 0 Å². The lowest BCUT2D eigenvalue weighted by Gasteiger charge is -2.39. The van der Waals surface area contributed by atoms with Crippen LogP contribution < -0.4 is 0 Å². The van der Waals surface area contributed by atoms with Crippen LogP contribution in [-0.4, -0.2) is 48.9 Å². The minimum atomic E-state index is -1.85. The molecular formula is C28H47NO4S2Si. The van der Waals surface area contributed by atoms with Crippen molar-refractivity contribution in [3.63, 3.8) is 0 Å². The normalized spacial score (nSPS) is 21.7. The second kappa shape index (κ2) is 14.3. The van der Waals surface area contributed by atoms with Gasteiger partial charge in [0.05, 0.1) is 12.7 Å². The summed E-state index contributed by atoms with van der Waals surface area (Å²) in [6.07, 6.45) is 10.3. The number of hydrogen-bond donors (Lipinski definition) is 1. The van der Waals surface area contributed by atoms with Crippen molar-refractivity contribution in [1.82, 2.24) is 4.98 Å². The van der Waals surface area contributed by atoms with Crippen molar-refractivity contribution < 1.29 is 19.1 Å². The van der Waals surface area contributed by atoms with Crippen molar-refractivity contribution in [1.29, 1.82) is 0 Å². The summed E-state index contributed by atoms with van der Waals surface area (Å²) < 4.78 is 12.7. The molecule has 204 valence electrons. The first-order valence-electron chi connectivity index (χ1n) is 13.3. The molecule has 5 nitrogen and oxygen atoms in total. The molecule has 1 saturated carbocycles. The van der Waals surface area contributed by atoms with Crippen LogP contribution in [0, 0.1) is 11.8 Å². The van der Waals surface area contributed by atoms with Crippen molar-refractivity contribution >= 4 is 37.4 Å². The van der Waals surface area contributed by atoms with Crippen LogP contribution in [0.3, 0.4) is 0 Å². The number of rotatable bonds is 14. The van der Waals surface area contributed by atoms with E-state index < -0.39 is 8.32 Å². The summed E-state index contributed by atoms with van der Waals surface area (Å²) in [4.78, 5) is 16.2. The van der Waals surface area contributed by atoms with Crippen LogP contribution in [0.25, 0.3) is 0 Å². The number of thioether (sulfide) groups is 1. The number of aliphatic hydroxyl groups excluding tert-OH is 1. The zero-order valence-corrected chi connectivity index (χ0v) is 26.0. The van der Waals surface area contributed by atoms with E-state index in [1.54, 1.807) is 24.1 Å². The van der Waals surface area contributed by atoms with Crippen molar-refractivity contribution in [3.05, 3.63) is 35.4 Å². The fourth-order valence-corrected chi connectivity index (χ4v) is 7.57. The first kappa shape index (κ1) is 31.3. The van der Waals surface area contributed by atoms with Crippen LogP contribution in [0.4, 0.5) is 0 Å². The Morgan fingerprint density at radius 3 is 2.75 bits per heavy atom. The maximum atomic E-state index is 11.8. The van der Waals surface area contributed by atoms with Crippen LogP contribution >= 0.6 is 23.1 Å². The Bertz CT molecular complexity index is 877. The molecule has 2 rings (SSSR count). The van der Waals surface area contributed by atoms with Gasteiger partial charge in [-0.3, -0.25) is 0 Å². The standard InChI is InChI=1S/C28H47NO4S2Si/c1-9-32-26(31)24-19-35-27(29-24)34-18-17-23-21(14-16-25(23)30)11-10-12-22(15-13-20(2)3)33-36(7,8)28(4,5)6/h10-11,19,21-23,25,30H,2,9,12-18H2,1,3-8H3/b11-10+/t21-,22?,23+,25-/m0/s1. The summed E-state index contributed by atoms with van der Waals surface area (Å²) in [6, 6.07) is 0. The number of carbonyl (C=O) groups is 1. The quantitative estimate of drug-likeness (QED) is 0.109. The third-order valence-corrected chi connectivity index (χ3v) is 14.0. The highest BCUT2D eigenvalue weighted by molar-refractivity contribution is 8.01. The Labute approximate surface area is 228 Å². The molecule has 36 heavy (non-hydrogen) atoms. The molecule has 8 heteroatoms. The van der Waals surface area contributed by atoms with Crippen LogP contribution in [0.1, 0.15) is 83.6 Å². The van der Waals surface area contributed by atoms with Gasteiger partial charge in [0.25, 0.3) is 0 Å². The highest BCUT2D eigenvalue weighted by Crippen LogP contribution is 2.39. The second-order valence-corrected chi connectivity index (χ2v) is 18.4. The number of aliphatic hydroxyl groups is 1. The van der Waals surface area contributed by atoms with E-state index in [9.17, 15) is 9.90 Å². The molecule has 0 aliphatic heterocycles. The van der Waals surface area contributed by atoms with Crippen molar-refractivity contribution in [2.45, 2.75) is 108 Å². The summed E-state index contributed by atoms with van der Waals surface area (Å²) in [5, 5.41) is 12.6. The van der Waals surface area contributed by atoms with Crippen molar-refractivity contribution in [2.24, 2.45) is 11.8 Å². The lowest BCUT2D eigenvalue weighted by atomic mass is 9.91. The summed E-state index contributed by atoms with van der Waals surface area (Å²) in [5.41, 5.74) is 1.58. The third-order valence-electron chi connectivity index (χ3n) is 7.43. The molecular weight excluding hydrogens is 507 g/mol. The molecule has 1 aliphatic carbocycles. The number of hydrogen-bond acceptors (Lipinski definition) is 7. The van der Waals surface area contributed by atoms with E-state index in [2.05, 4.69) is 64.5 Å². The van der Waals surface area contributed by atoms with Gasteiger partial charge in [0.15, 0.2) is 18.4 Å². The van der Waals surface area contributed by atoms with E-state index in [-0.39, 0.29) is 29.1 Å². The lowest BCUT2D eigenvalue weighted by molar-refractivity contribution is 0.0520. The highest BCUT2D eigenvalue weighted by atomic mass is 32.2. The Morgan fingerprint density at radius 1 is 1.39 bits per heavy atom. The van der Waals surface area contributed by atoms with E-state index in [0.717, 1.165) is 48.6 Å². The number of allylic oxidation sites excluding steroid dienone is 2. The van der Waals surface area contributed by atoms with Crippen molar-refractivity contribution in [2.75, 3.05) is 12.4 Å². The average Bonchev–Trinajstić information content (AvgIpc) is 3.38. The minimum absolute atomic E-state index is 0.186. The fraction of sp³-hybridized carbons (Fsp3) is 0.714. The van der Waals surface area contributed by atoms with Gasteiger partial charge in [0, 0.05) is 17.2 Å². The molecule has 1 aromatic rings. The van der Waals surface area contributed by atoms with E-state index in [0.29, 0.717) is 18.2 Å². The third kappa shape index (κ3) is 9.75. The molecule has 0 radical (unpaired) electrons. The van der Waals surface area contributed by atoms with Gasteiger partial charge in [-0.25, -0.2) is 9.78 Å². The smallest absolute Gasteiger partial charge is 0.357 e. The number of esters is 1. The number of ether oxygens (including phenoxy) is 1. The van der Waals surface area contributed by atoms with Gasteiger partial charge in [0.2, 0.25) is 0 Å². The van der Waals surface area contributed by atoms with Crippen LogP contribution in [-0.2, 0) is 9.16 Å². The predicted molar refractivity (Wildman–Crippen MR) is 156 cm³/mol. The Hall–Kier alpha value is -0.933. The van der Waals surface area contributed by atoms with Crippen LogP contribution in [0.2, 0.25) is 18.1 Å². The molecule has 1 unspecified atom stereocenters. The van der Waals surface area contributed by atoms with Gasteiger partial charge >= 0.3 is 5.97 Å². The zero-order chi connectivity index (χ0) is 26.9. The summed E-state index contributed by atoms with van der Waals surface area (Å²) in [7, 11) is -1.85. The number of carbonyl (C=O) groups excluding carboxylic acids is 1. The Kier molecular flexibility index (Phi) is 12.4. The van der Waals surface area contributed by atoms with Gasteiger partial charge in [0.1, 0.15) is 0 Å². The van der Waals surface area contributed by atoms with Gasteiger partial charge in [-0.2, -0.15) is 0 Å². The SMILES string of the molecule is C=C(C)CCC(C/C=C/[C@H]1CC[C@H](O)[C@@H]1CCSc1nc(C(=O)OCC)cs1)O[Si](C)(C)C(C)(C)C. The van der Waals surface area contributed by atoms with E-state index in [1.165, 1.54) is 16.9 Å². The van der Waals surface area contributed by atoms with Crippen molar-refractivity contribution in [3.8, 4) is 0 Å². The fourth-order valence-electron chi connectivity index (χ4n) is 4.26. The van der Waals surface area contributed by atoms with Gasteiger partial charge in [-0.15, -0.1) is 17.9 Å². The number of aromatic nitrogens is 1. The minimum Gasteiger partial charge on any atom is -0.461 e. The molecule has 1 fully saturated rings. The average molecular weight is 554 g/mol. The largest absolute Gasteiger partial charge is 0.461 e. The monoisotopic (exact) mass is 553 g/mol. The maximum Gasteiger partial charge on any atom is 0.357 e. The highest BCUT2D eigenvalue weighted by Gasteiger charge is 2.39. The van der Waals surface area contributed by atoms with Gasteiger partial charge in [-0.05, 0) is 82.3 Å². The molecule has 0 amide bonds. The van der Waals surface area contributed by atoms with Gasteiger partial charge in [-0.1, -0.05) is 50.3 Å². The molecule has 0 bridgehead atoms. The first-order valence-corrected chi connectivity index (χ1v) is 18.0. The zero-order valence-electron chi connectivity index (χ0n) is 23.3. The van der Waals surface area contributed by atoms with Gasteiger partial charge < -0.3 is 14.3 Å². The van der Waals surface area contributed by atoms with E-state index >= 15 is 0 Å². The predicted octanol–water partition coefficient (Wildman–Crippen LogP) is 7.88. The van der Waals surface area contributed by atoms with E-state index in [4.69, 9.17) is 9.16 Å². The topological polar surface area (TPSA) is 68.7 Å². The second-order valence-electron chi connectivity index (χ2n) is 11.5. The summed E-state index contributed by atoms with van der Waals surface area (Å²) in [6.45, 7) is 19.8. The number of thiazole rings is 1. The Morgan fingerprint density at radius 2 is 2.11 bits per heavy atom.